The Morgan fingerprint density at radius 3 is 2.68 bits per heavy atom. The number of carbonyl (C=O) groups excluding carboxylic acids is 1. The zero-order chi connectivity index (χ0) is 19.7. The summed E-state index contributed by atoms with van der Waals surface area (Å²) in [7, 11) is 3.96. The Kier molecular flexibility index (Phi) is 4.81. The summed E-state index contributed by atoms with van der Waals surface area (Å²) in [6, 6.07) is 11.6. The summed E-state index contributed by atoms with van der Waals surface area (Å²) in [5.41, 5.74) is 3.72. The fourth-order valence-electron chi connectivity index (χ4n) is 3.41. The molecule has 0 saturated heterocycles. The molecule has 7 heteroatoms. The predicted molar refractivity (Wildman–Crippen MR) is 106 cm³/mol. The number of aromatic nitrogens is 3. The third-order valence-corrected chi connectivity index (χ3v) is 4.92. The molecular formula is C21H23N5O2. The van der Waals surface area contributed by atoms with Crippen molar-refractivity contribution < 1.29 is 9.32 Å². The second kappa shape index (κ2) is 7.42. The molecule has 7 nitrogen and oxygen atoms in total. The zero-order valence-electron chi connectivity index (χ0n) is 16.3. The van der Waals surface area contributed by atoms with Gasteiger partial charge < -0.3 is 14.3 Å². The van der Waals surface area contributed by atoms with Gasteiger partial charge in [0.25, 0.3) is 5.91 Å². The van der Waals surface area contributed by atoms with E-state index in [1.807, 2.05) is 56.3 Å². The van der Waals surface area contributed by atoms with Crippen LogP contribution in [0.25, 0.3) is 11.4 Å². The number of fused-ring (bicyclic) bond motifs is 1. The predicted octanol–water partition coefficient (Wildman–Crippen LogP) is 2.96. The molecule has 3 heterocycles. The molecule has 1 aliphatic rings. The SMILES string of the molecule is CCc1cc(C(=O)N2CCc3c(nc(-c4ccccc4)nc3N(C)C)C2)on1. The quantitative estimate of drug-likeness (QED) is 0.696. The molecule has 28 heavy (non-hydrogen) atoms. The molecule has 0 unspecified atom stereocenters. The molecule has 2 aromatic heterocycles. The Morgan fingerprint density at radius 2 is 2.00 bits per heavy atom. The van der Waals surface area contributed by atoms with Crippen molar-refractivity contribution in [2.45, 2.75) is 26.3 Å². The highest BCUT2D eigenvalue weighted by Gasteiger charge is 2.28. The number of rotatable bonds is 4. The van der Waals surface area contributed by atoms with Crippen LogP contribution < -0.4 is 4.90 Å². The van der Waals surface area contributed by atoms with E-state index in [9.17, 15) is 4.79 Å². The lowest BCUT2D eigenvalue weighted by atomic mass is 10.0. The van der Waals surface area contributed by atoms with E-state index >= 15 is 0 Å². The maximum Gasteiger partial charge on any atom is 0.292 e. The lowest BCUT2D eigenvalue weighted by molar-refractivity contribution is 0.0689. The molecule has 0 atom stereocenters. The van der Waals surface area contributed by atoms with Gasteiger partial charge in [0.05, 0.1) is 17.9 Å². The highest BCUT2D eigenvalue weighted by Crippen LogP contribution is 2.29. The Bertz CT molecular complexity index is 997. The van der Waals surface area contributed by atoms with Gasteiger partial charge in [0.2, 0.25) is 5.76 Å². The lowest BCUT2D eigenvalue weighted by Crippen LogP contribution is -2.37. The number of nitrogens with zero attached hydrogens (tertiary/aromatic N) is 5. The maximum atomic E-state index is 12.9. The molecule has 0 fully saturated rings. The summed E-state index contributed by atoms with van der Waals surface area (Å²) in [6.45, 7) is 3.01. The van der Waals surface area contributed by atoms with Crippen LogP contribution in [0.4, 0.5) is 5.82 Å². The number of carbonyl (C=O) groups is 1. The van der Waals surface area contributed by atoms with Crippen molar-refractivity contribution in [3.8, 4) is 11.4 Å². The minimum absolute atomic E-state index is 0.149. The topological polar surface area (TPSA) is 75.4 Å². The van der Waals surface area contributed by atoms with Crippen LogP contribution in [-0.4, -0.2) is 46.6 Å². The normalized spacial score (nSPS) is 13.3. The van der Waals surface area contributed by atoms with Gasteiger partial charge in [0.1, 0.15) is 5.82 Å². The molecular weight excluding hydrogens is 354 g/mol. The average molecular weight is 377 g/mol. The van der Waals surface area contributed by atoms with Crippen LogP contribution in [0.5, 0.6) is 0 Å². The summed E-state index contributed by atoms with van der Waals surface area (Å²) in [4.78, 5) is 26.2. The molecule has 1 aliphatic heterocycles. The standard InChI is InChI=1S/C21H23N5O2/c1-4-15-12-18(28-24-15)21(27)26-11-10-16-17(13-26)22-19(23-20(16)25(2)3)14-8-6-5-7-9-14/h5-9,12H,4,10-11,13H2,1-3H3. The number of hydrogen-bond acceptors (Lipinski definition) is 6. The fraction of sp³-hybridized carbons (Fsp3) is 0.333. The van der Waals surface area contributed by atoms with Gasteiger partial charge in [-0.05, 0) is 12.8 Å². The smallest absolute Gasteiger partial charge is 0.292 e. The van der Waals surface area contributed by atoms with Crippen LogP contribution in [0.2, 0.25) is 0 Å². The van der Waals surface area contributed by atoms with Gasteiger partial charge in [-0.25, -0.2) is 9.97 Å². The first-order valence-electron chi connectivity index (χ1n) is 9.44. The van der Waals surface area contributed by atoms with Crippen molar-refractivity contribution in [1.82, 2.24) is 20.0 Å². The van der Waals surface area contributed by atoms with Crippen molar-refractivity contribution >= 4 is 11.7 Å². The summed E-state index contributed by atoms with van der Waals surface area (Å²) in [5, 5.41) is 3.93. The van der Waals surface area contributed by atoms with Crippen LogP contribution in [0, 0.1) is 0 Å². The largest absolute Gasteiger partial charge is 0.362 e. The summed E-state index contributed by atoms with van der Waals surface area (Å²) >= 11 is 0. The number of amides is 1. The molecule has 0 saturated carbocycles. The summed E-state index contributed by atoms with van der Waals surface area (Å²) < 4.78 is 5.23. The molecule has 1 amide bonds. The first-order valence-corrected chi connectivity index (χ1v) is 9.44. The van der Waals surface area contributed by atoms with Crippen molar-refractivity contribution in [3.63, 3.8) is 0 Å². The Balaban J connectivity index is 1.68. The Hall–Kier alpha value is -3.22. The zero-order valence-corrected chi connectivity index (χ0v) is 16.3. The van der Waals surface area contributed by atoms with E-state index in [2.05, 4.69) is 5.16 Å². The van der Waals surface area contributed by atoms with Gasteiger partial charge in [0.15, 0.2) is 5.82 Å². The number of benzene rings is 1. The fourth-order valence-corrected chi connectivity index (χ4v) is 3.41. The molecule has 1 aromatic carbocycles. The van der Waals surface area contributed by atoms with Gasteiger partial charge in [-0.3, -0.25) is 4.79 Å². The van der Waals surface area contributed by atoms with Crippen LogP contribution in [0.15, 0.2) is 40.9 Å². The highest BCUT2D eigenvalue weighted by atomic mass is 16.5. The summed E-state index contributed by atoms with van der Waals surface area (Å²) in [6.07, 6.45) is 1.44. The van der Waals surface area contributed by atoms with Crippen molar-refractivity contribution in [3.05, 3.63) is 59.1 Å². The molecule has 0 aliphatic carbocycles. The van der Waals surface area contributed by atoms with E-state index in [1.165, 1.54) is 0 Å². The molecule has 0 spiro atoms. The van der Waals surface area contributed by atoms with E-state index in [4.69, 9.17) is 14.5 Å². The van der Waals surface area contributed by atoms with Gasteiger partial charge in [0, 0.05) is 37.8 Å². The van der Waals surface area contributed by atoms with Crippen molar-refractivity contribution in [1.29, 1.82) is 0 Å². The number of aryl methyl sites for hydroxylation is 1. The van der Waals surface area contributed by atoms with Crippen LogP contribution in [0.1, 0.15) is 34.4 Å². The number of anilines is 1. The van der Waals surface area contributed by atoms with Gasteiger partial charge in [-0.1, -0.05) is 42.4 Å². The van der Waals surface area contributed by atoms with Crippen molar-refractivity contribution in [2.75, 3.05) is 25.5 Å². The molecule has 144 valence electrons. The maximum absolute atomic E-state index is 12.9. The van der Waals surface area contributed by atoms with Crippen LogP contribution in [0.3, 0.4) is 0 Å². The molecule has 0 N–H and O–H groups in total. The first-order chi connectivity index (χ1) is 13.6. The van der Waals surface area contributed by atoms with Gasteiger partial charge in [-0.15, -0.1) is 0 Å². The van der Waals surface area contributed by atoms with E-state index in [-0.39, 0.29) is 11.7 Å². The van der Waals surface area contributed by atoms with E-state index < -0.39 is 0 Å². The van der Waals surface area contributed by atoms with Gasteiger partial charge >= 0.3 is 0 Å². The highest BCUT2D eigenvalue weighted by molar-refractivity contribution is 5.91. The Labute approximate surface area is 164 Å². The third-order valence-electron chi connectivity index (χ3n) is 4.92. The van der Waals surface area contributed by atoms with Gasteiger partial charge in [-0.2, -0.15) is 0 Å². The first kappa shape index (κ1) is 18.2. The molecule has 4 rings (SSSR count). The average Bonchev–Trinajstić information content (AvgIpc) is 3.21. The summed E-state index contributed by atoms with van der Waals surface area (Å²) in [5.74, 6) is 1.71. The molecule has 0 radical (unpaired) electrons. The Morgan fingerprint density at radius 1 is 1.21 bits per heavy atom. The number of hydrogen-bond donors (Lipinski definition) is 0. The van der Waals surface area contributed by atoms with Crippen LogP contribution in [-0.2, 0) is 19.4 Å². The van der Waals surface area contributed by atoms with E-state index in [0.29, 0.717) is 25.3 Å². The molecule has 0 bridgehead atoms. The minimum Gasteiger partial charge on any atom is -0.362 e. The van der Waals surface area contributed by atoms with E-state index in [0.717, 1.165) is 34.8 Å². The lowest BCUT2D eigenvalue weighted by Gasteiger charge is -2.30. The second-order valence-corrected chi connectivity index (χ2v) is 7.07. The monoisotopic (exact) mass is 377 g/mol. The third kappa shape index (κ3) is 3.35. The van der Waals surface area contributed by atoms with Crippen LogP contribution >= 0.6 is 0 Å². The molecule has 3 aromatic rings. The van der Waals surface area contributed by atoms with Crippen molar-refractivity contribution in [2.24, 2.45) is 0 Å². The van der Waals surface area contributed by atoms with E-state index in [1.54, 1.807) is 11.0 Å². The second-order valence-electron chi connectivity index (χ2n) is 7.07. The minimum atomic E-state index is -0.149.